The van der Waals surface area contributed by atoms with Crippen LogP contribution in [0.1, 0.15) is 36.3 Å². The summed E-state index contributed by atoms with van der Waals surface area (Å²) in [7, 11) is 0. The van der Waals surface area contributed by atoms with Gasteiger partial charge in [0.2, 0.25) is 0 Å². The molecule has 3 rings (SSSR count). The highest BCUT2D eigenvalue weighted by Gasteiger charge is 2.33. The molecule has 1 saturated carbocycles. The molecule has 3 N–H and O–H groups in total. The third-order valence-electron chi connectivity index (χ3n) is 4.97. The maximum Gasteiger partial charge on any atom is 0.129 e. The molecule has 1 aliphatic heterocycles. The van der Waals surface area contributed by atoms with Gasteiger partial charge in [-0.2, -0.15) is 0 Å². The van der Waals surface area contributed by atoms with Crippen molar-refractivity contribution in [3.05, 3.63) is 34.9 Å². The molecule has 4 nitrogen and oxygen atoms in total. The Balaban J connectivity index is 1.67. The lowest BCUT2D eigenvalue weighted by Crippen LogP contribution is -2.54. The second-order valence-corrected chi connectivity index (χ2v) is 6.69. The number of benzene rings is 1. The molecule has 1 heterocycles. The minimum absolute atomic E-state index is 0.0479. The third-order valence-corrected chi connectivity index (χ3v) is 4.97. The van der Waals surface area contributed by atoms with Crippen LogP contribution < -0.4 is 0 Å². The van der Waals surface area contributed by atoms with Crippen molar-refractivity contribution in [3.8, 4) is 0 Å². The number of hydrogen-bond donors (Lipinski definition) is 3. The number of aliphatic hydroxyl groups excluding tert-OH is 3. The molecule has 0 aromatic heterocycles. The molecule has 2 fully saturated rings. The van der Waals surface area contributed by atoms with E-state index in [-0.39, 0.29) is 37.6 Å². The van der Waals surface area contributed by atoms with Crippen LogP contribution in [0.4, 0.5) is 8.78 Å². The fourth-order valence-corrected chi connectivity index (χ4v) is 3.33. The molecule has 1 aromatic carbocycles. The van der Waals surface area contributed by atoms with Crippen molar-refractivity contribution in [2.75, 3.05) is 19.7 Å². The number of rotatable bonds is 5. The van der Waals surface area contributed by atoms with Crippen molar-refractivity contribution in [2.24, 2.45) is 0 Å². The molecule has 1 aliphatic carbocycles. The Labute approximate surface area is 134 Å². The van der Waals surface area contributed by atoms with Crippen LogP contribution in [0.25, 0.3) is 0 Å². The van der Waals surface area contributed by atoms with Crippen molar-refractivity contribution in [1.82, 2.24) is 4.90 Å². The average molecular weight is 327 g/mol. The van der Waals surface area contributed by atoms with E-state index < -0.39 is 23.8 Å². The standard InChI is InChI=1S/C17H23F2NO3/c18-14-5-11(10-1-2-10)6-15(19)13(14)3-4-20-8-17(23)16(22)7-12(20)9-21/h5-6,10,12,16-17,21-23H,1-4,7-9H2/t12-,16?,17+/m1/s1. The third kappa shape index (κ3) is 3.71. The SMILES string of the molecule is OC[C@H]1CC(O)[C@@H](O)CN1CCc1c(F)cc(C2CC2)cc1F. The molecule has 23 heavy (non-hydrogen) atoms. The van der Waals surface area contributed by atoms with Crippen LogP contribution in [0.2, 0.25) is 0 Å². The highest BCUT2D eigenvalue weighted by atomic mass is 19.1. The van der Waals surface area contributed by atoms with E-state index in [4.69, 9.17) is 0 Å². The Morgan fingerprint density at radius 2 is 1.74 bits per heavy atom. The van der Waals surface area contributed by atoms with Gasteiger partial charge in [0.25, 0.3) is 0 Å². The lowest BCUT2D eigenvalue weighted by Gasteiger charge is -2.39. The van der Waals surface area contributed by atoms with Crippen molar-refractivity contribution in [2.45, 2.75) is 49.9 Å². The fraction of sp³-hybridized carbons (Fsp3) is 0.647. The Morgan fingerprint density at radius 1 is 1.09 bits per heavy atom. The molecule has 3 atom stereocenters. The summed E-state index contributed by atoms with van der Waals surface area (Å²) in [6, 6.07) is 2.55. The van der Waals surface area contributed by atoms with Gasteiger partial charge < -0.3 is 15.3 Å². The van der Waals surface area contributed by atoms with E-state index in [1.807, 2.05) is 0 Å². The van der Waals surface area contributed by atoms with Gasteiger partial charge in [-0.25, -0.2) is 8.78 Å². The van der Waals surface area contributed by atoms with Crippen molar-refractivity contribution in [1.29, 1.82) is 0 Å². The number of nitrogens with zero attached hydrogens (tertiary/aromatic N) is 1. The quantitative estimate of drug-likeness (QED) is 0.760. The molecule has 1 saturated heterocycles. The zero-order chi connectivity index (χ0) is 16.6. The summed E-state index contributed by atoms with van der Waals surface area (Å²) in [6.45, 7) is 0.358. The fourth-order valence-electron chi connectivity index (χ4n) is 3.33. The number of β-amino-alcohol motifs (C(OH)–C–C–N with tert-alkyl or cyclic N) is 1. The van der Waals surface area contributed by atoms with E-state index in [0.717, 1.165) is 18.4 Å². The molecule has 0 bridgehead atoms. The number of halogens is 2. The van der Waals surface area contributed by atoms with Crippen LogP contribution in [0.3, 0.4) is 0 Å². The first-order chi connectivity index (χ1) is 11.0. The zero-order valence-corrected chi connectivity index (χ0v) is 13.0. The predicted molar refractivity (Wildman–Crippen MR) is 81.1 cm³/mol. The van der Waals surface area contributed by atoms with Gasteiger partial charge in [-0.1, -0.05) is 0 Å². The molecule has 2 aliphatic rings. The Hall–Kier alpha value is -1.08. The molecule has 1 aromatic rings. The van der Waals surface area contributed by atoms with Crippen molar-refractivity contribution >= 4 is 0 Å². The van der Waals surface area contributed by atoms with Crippen LogP contribution >= 0.6 is 0 Å². The lowest BCUT2D eigenvalue weighted by molar-refractivity contribution is -0.0704. The second kappa shape index (κ2) is 6.81. The van der Waals surface area contributed by atoms with Gasteiger partial charge in [-0.15, -0.1) is 0 Å². The first-order valence-electron chi connectivity index (χ1n) is 8.18. The number of likely N-dealkylation sites (tertiary alicyclic amines) is 1. The summed E-state index contributed by atoms with van der Waals surface area (Å²) in [5, 5.41) is 28.8. The zero-order valence-electron chi connectivity index (χ0n) is 13.0. The first-order valence-corrected chi connectivity index (χ1v) is 8.18. The Morgan fingerprint density at radius 3 is 2.30 bits per heavy atom. The van der Waals surface area contributed by atoms with E-state index in [9.17, 15) is 24.1 Å². The smallest absolute Gasteiger partial charge is 0.129 e. The normalized spacial score (nSPS) is 29.0. The maximum absolute atomic E-state index is 14.2. The highest BCUT2D eigenvalue weighted by Crippen LogP contribution is 2.41. The Kier molecular flexibility index (Phi) is 4.96. The first kappa shape index (κ1) is 16.8. The van der Waals surface area contributed by atoms with E-state index in [2.05, 4.69) is 0 Å². The van der Waals surface area contributed by atoms with Crippen LogP contribution in [-0.2, 0) is 6.42 Å². The Bertz CT molecular complexity index is 542. The summed E-state index contributed by atoms with van der Waals surface area (Å²) >= 11 is 0. The van der Waals surface area contributed by atoms with E-state index in [1.54, 1.807) is 4.90 Å². The molecule has 1 unspecified atom stereocenters. The van der Waals surface area contributed by atoms with Crippen LogP contribution in [-0.4, -0.2) is 58.2 Å². The molecular weight excluding hydrogens is 304 g/mol. The van der Waals surface area contributed by atoms with Gasteiger partial charge in [0.15, 0.2) is 0 Å². The van der Waals surface area contributed by atoms with E-state index >= 15 is 0 Å². The van der Waals surface area contributed by atoms with Crippen molar-refractivity contribution < 1.29 is 24.1 Å². The predicted octanol–water partition coefficient (Wildman–Crippen LogP) is 1.17. The molecule has 0 spiro atoms. The van der Waals surface area contributed by atoms with Gasteiger partial charge >= 0.3 is 0 Å². The monoisotopic (exact) mass is 327 g/mol. The van der Waals surface area contributed by atoms with Gasteiger partial charge in [0.05, 0.1) is 18.8 Å². The van der Waals surface area contributed by atoms with Gasteiger partial charge in [0.1, 0.15) is 11.6 Å². The highest BCUT2D eigenvalue weighted by molar-refractivity contribution is 5.31. The summed E-state index contributed by atoms with van der Waals surface area (Å²) < 4.78 is 28.3. The van der Waals surface area contributed by atoms with E-state index in [1.165, 1.54) is 12.1 Å². The molecule has 128 valence electrons. The lowest BCUT2D eigenvalue weighted by atomic mass is 9.96. The average Bonchev–Trinajstić information content (AvgIpc) is 3.34. The topological polar surface area (TPSA) is 63.9 Å². The summed E-state index contributed by atoms with van der Waals surface area (Å²) in [5.74, 6) is -0.749. The molecule has 0 amide bonds. The van der Waals surface area contributed by atoms with E-state index in [0.29, 0.717) is 12.5 Å². The largest absolute Gasteiger partial charge is 0.395 e. The summed E-state index contributed by atoms with van der Waals surface area (Å²) in [6.07, 6.45) is 0.638. The van der Waals surface area contributed by atoms with Crippen molar-refractivity contribution in [3.63, 3.8) is 0 Å². The van der Waals surface area contributed by atoms with Gasteiger partial charge in [-0.05, 0) is 49.3 Å². The molecule has 0 radical (unpaired) electrons. The number of piperidine rings is 1. The maximum atomic E-state index is 14.2. The van der Waals surface area contributed by atoms with Gasteiger partial charge in [0, 0.05) is 24.7 Å². The summed E-state index contributed by atoms with van der Waals surface area (Å²) in [4.78, 5) is 1.78. The number of aliphatic hydroxyl groups is 3. The van der Waals surface area contributed by atoms with Crippen LogP contribution in [0, 0.1) is 11.6 Å². The number of hydrogen-bond acceptors (Lipinski definition) is 4. The summed E-state index contributed by atoms with van der Waals surface area (Å²) in [5.41, 5.74) is 0.778. The second-order valence-electron chi connectivity index (χ2n) is 6.69. The molecular formula is C17H23F2NO3. The minimum Gasteiger partial charge on any atom is -0.395 e. The van der Waals surface area contributed by atoms with Gasteiger partial charge in [-0.3, -0.25) is 4.90 Å². The van der Waals surface area contributed by atoms with Crippen LogP contribution in [0.5, 0.6) is 0 Å². The van der Waals surface area contributed by atoms with Crippen LogP contribution in [0.15, 0.2) is 12.1 Å². The minimum atomic E-state index is -0.898. The molecule has 6 heteroatoms.